The quantitative estimate of drug-likeness (QED) is 0.409. The average Bonchev–Trinajstić information content (AvgIpc) is 2.69. The molecule has 9 heteroatoms. The first-order chi connectivity index (χ1) is 8.54. The van der Waals surface area contributed by atoms with Gasteiger partial charge in [-0.05, 0) is 0 Å². The summed E-state index contributed by atoms with van der Waals surface area (Å²) in [6.07, 6.45) is 0. The second-order valence-electron chi connectivity index (χ2n) is 5.01. The molecule has 2 bridgehead atoms. The third kappa shape index (κ3) is 1.47. The van der Waals surface area contributed by atoms with Crippen molar-refractivity contribution in [2.45, 2.75) is 30.2 Å². The number of hydrogen-bond acceptors (Lipinski definition) is 0. The molecule has 3 aliphatic carbocycles. The van der Waals surface area contributed by atoms with E-state index in [2.05, 4.69) is 0 Å². The van der Waals surface area contributed by atoms with Gasteiger partial charge in [-0.25, -0.2) is 0 Å². The van der Waals surface area contributed by atoms with Gasteiger partial charge < -0.3 is 0 Å². The van der Waals surface area contributed by atoms with E-state index in [0.29, 0.717) is 0 Å². The highest BCUT2D eigenvalue weighted by Crippen LogP contribution is 2.79. The van der Waals surface area contributed by atoms with Gasteiger partial charge in [0.25, 0.3) is 0 Å². The Morgan fingerprint density at radius 2 is 0.947 bits per heavy atom. The van der Waals surface area contributed by atoms with Crippen molar-refractivity contribution >= 4 is 104 Å². The van der Waals surface area contributed by atoms with E-state index < -0.39 is 42.0 Å². The SMILES string of the molecule is ClC1=C(Cl)[C@]2(Cl)[C@@H]3[C@@H]([C@H](Cl)C(Cl)[C@H]3Cl)C1(Cl)C2(Cl)Cl. The minimum Gasteiger partial charge on any atom is -0.121 e. The highest BCUT2D eigenvalue weighted by Gasteiger charge is 2.86. The molecule has 7 atom stereocenters. The molecule has 3 rings (SSSR count). The molecule has 0 aromatic heterocycles. The summed E-state index contributed by atoms with van der Waals surface area (Å²) in [4.78, 5) is -2.77. The fourth-order valence-corrected chi connectivity index (χ4v) is 8.08. The largest absolute Gasteiger partial charge is 0.166 e. The molecule has 0 aromatic carbocycles. The van der Waals surface area contributed by atoms with Gasteiger partial charge in [0.1, 0.15) is 9.75 Å². The first kappa shape index (κ1) is 16.2. The van der Waals surface area contributed by atoms with E-state index in [1.165, 1.54) is 0 Å². The van der Waals surface area contributed by atoms with Crippen LogP contribution in [0.5, 0.6) is 0 Å². The van der Waals surface area contributed by atoms with Crippen molar-refractivity contribution in [2.75, 3.05) is 0 Å². The zero-order valence-corrected chi connectivity index (χ0v) is 15.6. The fraction of sp³-hybridized carbons (Fsp3) is 0.800. The summed E-state index contributed by atoms with van der Waals surface area (Å²) in [5.41, 5.74) is 0. The van der Waals surface area contributed by atoms with E-state index >= 15 is 0 Å². The van der Waals surface area contributed by atoms with Crippen molar-refractivity contribution in [1.29, 1.82) is 0 Å². The van der Waals surface area contributed by atoms with Crippen LogP contribution in [0, 0.1) is 11.8 Å². The number of hydrogen-bond donors (Lipinski definition) is 0. The van der Waals surface area contributed by atoms with E-state index in [1.54, 1.807) is 0 Å². The Morgan fingerprint density at radius 3 is 1.26 bits per heavy atom. The Labute approximate surface area is 155 Å². The third-order valence-corrected chi connectivity index (χ3v) is 10.5. The van der Waals surface area contributed by atoms with Gasteiger partial charge in [0.05, 0.1) is 26.2 Å². The maximum atomic E-state index is 6.63. The molecule has 0 spiro atoms. The summed E-state index contributed by atoms with van der Waals surface area (Å²) in [6, 6.07) is 0. The Bertz CT molecular complexity index is 447. The zero-order chi connectivity index (χ0) is 14.5. The van der Waals surface area contributed by atoms with Gasteiger partial charge in [-0.1, -0.05) is 46.4 Å². The lowest BCUT2D eigenvalue weighted by atomic mass is 9.84. The van der Waals surface area contributed by atoms with Crippen molar-refractivity contribution < 1.29 is 0 Å². The number of alkyl halides is 7. The Hall–Kier alpha value is 2.35. The van der Waals surface area contributed by atoms with Crippen molar-refractivity contribution in [3.05, 3.63) is 10.1 Å². The monoisotopic (exact) mass is 440 g/mol. The molecule has 0 N–H and O–H groups in total. The van der Waals surface area contributed by atoms with Crippen LogP contribution in [0.1, 0.15) is 0 Å². The fourth-order valence-electron chi connectivity index (χ4n) is 3.47. The van der Waals surface area contributed by atoms with Crippen LogP contribution in [0.4, 0.5) is 0 Å². The highest BCUT2D eigenvalue weighted by atomic mass is 35.5. The van der Waals surface area contributed by atoms with Gasteiger partial charge in [-0.3, -0.25) is 0 Å². The van der Waals surface area contributed by atoms with Crippen LogP contribution in [-0.4, -0.2) is 30.2 Å². The standard InChI is InChI=1S/C10H5Cl9/c11-3-1-2(4(12)5(3)13)9(17)7(15)6(14)8(1,16)10(9,18)19/h1-5H/t1-,2+,3-,4-,5?,8?,9+/m0/s1. The lowest BCUT2D eigenvalue weighted by Gasteiger charge is -2.35. The summed E-state index contributed by atoms with van der Waals surface area (Å²) in [6.45, 7) is 0. The molecule has 2 saturated carbocycles. The molecular formula is C10H5Cl9. The van der Waals surface area contributed by atoms with E-state index in [9.17, 15) is 0 Å². The lowest BCUT2D eigenvalue weighted by Crippen LogP contribution is -2.48. The smallest absolute Gasteiger partial charge is 0.121 e. The first-order valence-corrected chi connectivity index (χ1v) is 8.86. The van der Waals surface area contributed by atoms with Crippen molar-refractivity contribution in [3.63, 3.8) is 0 Å². The van der Waals surface area contributed by atoms with Gasteiger partial charge in [0.15, 0.2) is 4.33 Å². The molecule has 108 valence electrons. The van der Waals surface area contributed by atoms with Gasteiger partial charge in [0, 0.05) is 11.8 Å². The molecule has 2 fully saturated rings. The van der Waals surface area contributed by atoms with Crippen molar-refractivity contribution in [1.82, 2.24) is 0 Å². The van der Waals surface area contributed by atoms with Crippen LogP contribution in [0.25, 0.3) is 0 Å². The summed E-state index contributed by atoms with van der Waals surface area (Å²) in [5, 5.41) is -1.38. The first-order valence-electron chi connectivity index (χ1n) is 5.28. The molecule has 0 saturated heterocycles. The van der Waals surface area contributed by atoms with Crippen molar-refractivity contribution in [3.8, 4) is 0 Å². The Kier molecular flexibility index (Phi) is 3.80. The highest BCUT2D eigenvalue weighted by molar-refractivity contribution is 6.66. The summed E-state index contributed by atoms with van der Waals surface area (Å²) >= 11 is 57.4. The van der Waals surface area contributed by atoms with Crippen LogP contribution in [0.3, 0.4) is 0 Å². The predicted octanol–water partition coefficient (Wildman–Crippen LogP) is 5.90. The molecule has 0 radical (unpaired) electrons. The van der Waals surface area contributed by atoms with E-state index in [1.807, 2.05) is 0 Å². The second kappa shape index (κ2) is 4.46. The minimum atomic E-state index is -1.61. The Balaban J connectivity index is 2.29. The van der Waals surface area contributed by atoms with E-state index in [0.717, 1.165) is 0 Å². The second-order valence-corrected chi connectivity index (χ2v) is 9.80. The molecule has 2 unspecified atom stereocenters. The zero-order valence-electron chi connectivity index (χ0n) is 8.79. The van der Waals surface area contributed by atoms with Crippen LogP contribution < -0.4 is 0 Å². The van der Waals surface area contributed by atoms with Crippen LogP contribution in [0.15, 0.2) is 10.1 Å². The number of rotatable bonds is 0. The number of fused-ring (bicyclic) bond motifs is 5. The van der Waals surface area contributed by atoms with Crippen LogP contribution >= 0.6 is 104 Å². The topological polar surface area (TPSA) is 0 Å². The van der Waals surface area contributed by atoms with Gasteiger partial charge in [0.2, 0.25) is 0 Å². The molecule has 0 aliphatic heterocycles. The number of halogens is 9. The molecule has 0 aromatic rings. The summed E-state index contributed by atoms with van der Waals surface area (Å²) in [5.74, 6) is -0.910. The van der Waals surface area contributed by atoms with Gasteiger partial charge in [-0.2, -0.15) is 0 Å². The van der Waals surface area contributed by atoms with Crippen LogP contribution in [0.2, 0.25) is 0 Å². The Morgan fingerprint density at radius 1 is 0.632 bits per heavy atom. The minimum absolute atomic E-state index is 0.123. The molecule has 19 heavy (non-hydrogen) atoms. The number of allylic oxidation sites excluding steroid dienone is 2. The van der Waals surface area contributed by atoms with Gasteiger partial charge >= 0.3 is 0 Å². The third-order valence-electron chi connectivity index (χ3n) is 4.35. The average molecular weight is 444 g/mol. The lowest BCUT2D eigenvalue weighted by molar-refractivity contribution is 0.388. The molecule has 0 amide bonds. The maximum absolute atomic E-state index is 6.63. The molecule has 3 aliphatic rings. The molecule has 0 nitrogen and oxygen atoms in total. The van der Waals surface area contributed by atoms with Crippen molar-refractivity contribution in [2.24, 2.45) is 11.8 Å². The van der Waals surface area contributed by atoms with E-state index in [-0.39, 0.29) is 10.1 Å². The predicted molar refractivity (Wildman–Crippen MR) is 86.2 cm³/mol. The summed E-state index contributed by atoms with van der Waals surface area (Å²) < 4.78 is -1.61. The molecular weight excluding hydrogens is 439 g/mol. The van der Waals surface area contributed by atoms with Crippen LogP contribution in [-0.2, 0) is 0 Å². The van der Waals surface area contributed by atoms with E-state index in [4.69, 9.17) is 104 Å². The normalized spacial score (nSPS) is 58.9. The summed E-state index contributed by atoms with van der Waals surface area (Å²) in [7, 11) is 0. The van der Waals surface area contributed by atoms with Gasteiger partial charge in [-0.15, -0.1) is 58.0 Å². The molecule has 0 heterocycles. The maximum Gasteiger partial charge on any atom is 0.166 e.